The van der Waals surface area contributed by atoms with Crippen molar-refractivity contribution in [2.45, 2.75) is 13.5 Å². The predicted octanol–water partition coefficient (Wildman–Crippen LogP) is -0.0588. The van der Waals surface area contributed by atoms with Crippen molar-refractivity contribution < 1.29 is 4.74 Å². The zero-order valence-corrected chi connectivity index (χ0v) is 8.16. The first-order valence-corrected chi connectivity index (χ1v) is 4.46. The van der Waals surface area contributed by atoms with Crippen molar-refractivity contribution in [2.75, 3.05) is 19.8 Å². The maximum absolute atomic E-state index is 5.17. The van der Waals surface area contributed by atoms with Gasteiger partial charge in [0.25, 0.3) is 0 Å². The molecule has 5 heteroatoms. The highest BCUT2D eigenvalue weighted by molar-refractivity contribution is 4.90. The largest absolute Gasteiger partial charge is 0.380 e. The number of aromatic nitrogens is 3. The minimum absolute atomic E-state index is 0.747. The van der Waals surface area contributed by atoms with Gasteiger partial charge in [0.15, 0.2) is 0 Å². The molecule has 0 spiro atoms. The lowest BCUT2D eigenvalue weighted by Crippen LogP contribution is -2.19. The summed E-state index contributed by atoms with van der Waals surface area (Å²) in [5.41, 5.74) is 0.957. The second-order valence-corrected chi connectivity index (χ2v) is 2.76. The zero-order valence-electron chi connectivity index (χ0n) is 8.16. The Morgan fingerprint density at radius 3 is 3.08 bits per heavy atom. The molecule has 0 saturated heterocycles. The predicted molar refractivity (Wildman–Crippen MR) is 49.2 cm³/mol. The smallest absolute Gasteiger partial charge is 0.0964 e. The van der Waals surface area contributed by atoms with Gasteiger partial charge in [-0.05, 0) is 6.92 Å². The van der Waals surface area contributed by atoms with E-state index < -0.39 is 0 Å². The summed E-state index contributed by atoms with van der Waals surface area (Å²) in [6, 6.07) is 0. The standard InChI is InChI=1S/C8H16N4O/c1-3-13-5-4-9-6-8-7-12(2)11-10-8/h7,9H,3-6H2,1-2H3. The molecule has 1 N–H and O–H groups in total. The van der Waals surface area contributed by atoms with Gasteiger partial charge in [0, 0.05) is 32.9 Å². The van der Waals surface area contributed by atoms with E-state index in [2.05, 4.69) is 15.6 Å². The van der Waals surface area contributed by atoms with E-state index in [1.165, 1.54) is 0 Å². The first-order valence-electron chi connectivity index (χ1n) is 4.46. The highest BCUT2D eigenvalue weighted by Crippen LogP contribution is 1.88. The average Bonchev–Trinajstić information content (AvgIpc) is 2.51. The summed E-state index contributed by atoms with van der Waals surface area (Å²) in [6.45, 7) is 5.11. The van der Waals surface area contributed by atoms with Crippen LogP contribution < -0.4 is 5.32 Å². The lowest BCUT2D eigenvalue weighted by molar-refractivity contribution is 0.149. The number of nitrogens with one attached hydrogen (secondary N) is 1. The average molecular weight is 184 g/mol. The van der Waals surface area contributed by atoms with Crippen LogP contribution in [0.4, 0.5) is 0 Å². The summed E-state index contributed by atoms with van der Waals surface area (Å²) < 4.78 is 6.87. The highest BCUT2D eigenvalue weighted by atomic mass is 16.5. The molecule has 0 fully saturated rings. The van der Waals surface area contributed by atoms with Gasteiger partial charge in [-0.3, -0.25) is 4.68 Å². The minimum atomic E-state index is 0.747. The summed E-state index contributed by atoms with van der Waals surface area (Å²) in [5.74, 6) is 0. The van der Waals surface area contributed by atoms with Crippen molar-refractivity contribution in [1.82, 2.24) is 20.3 Å². The second-order valence-electron chi connectivity index (χ2n) is 2.76. The zero-order chi connectivity index (χ0) is 9.52. The molecule has 5 nitrogen and oxygen atoms in total. The Kier molecular flexibility index (Phi) is 4.42. The van der Waals surface area contributed by atoms with Gasteiger partial charge in [-0.25, -0.2) is 0 Å². The van der Waals surface area contributed by atoms with Crippen LogP contribution in [0.3, 0.4) is 0 Å². The Hall–Kier alpha value is -0.940. The fourth-order valence-corrected chi connectivity index (χ4v) is 0.981. The van der Waals surface area contributed by atoms with Crippen molar-refractivity contribution in [3.63, 3.8) is 0 Å². The van der Waals surface area contributed by atoms with Gasteiger partial charge in [0.2, 0.25) is 0 Å². The summed E-state index contributed by atoms with van der Waals surface area (Å²) in [4.78, 5) is 0. The highest BCUT2D eigenvalue weighted by Gasteiger charge is 1.95. The molecule has 1 heterocycles. The van der Waals surface area contributed by atoms with Crippen LogP contribution in [0.15, 0.2) is 6.20 Å². The fourth-order valence-electron chi connectivity index (χ4n) is 0.981. The van der Waals surface area contributed by atoms with Gasteiger partial charge >= 0.3 is 0 Å². The molecular formula is C8H16N4O. The van der Waals surface area contributed by atoms with Crippen LogP contribution in [0.2, 0.25) is 0 Å². The summed E-state index contributed by atoms with van der Waals surface area (Å²) in [6.07, 6.45) is 1.90. The van der Waals surface area contributed by atoms with Gasteiger partial charge in [0.05, 0.1) is 12.3 Å². The van der Waals surface area contributed by atoms with E-state index in [1.807, 2.05) is 20.2 Å². The van der Waals surface area contributed by atoms with Crippen molar-refractivity contribution in [1.29, 1.82) is 0 Å². The molecule has 0 radical (unpaired) electrons. The van der Waals surface area contributed by atoms with Gasteiger partial charge in [-0.2, -0.15) is 0 Å². The van der Waals surface area contributed by atoms with E-state index >= 15 is 0 Å². The number of hydrogen-bond donors (Lipinski definition) is 1. The third kappa shape index (κ3) is 4.00. The third-order valence-corrected chi connectivity index (χ3v) is 1.58. The molecule has 0 aromatic carbocycles. The lowest BCUT2D eigenvalue weighted by Gasteiger charge is -2.01. The minimum Gasteiger partial charge on any atom is -0.380 e. The van der Waals surface area contributed by atoms with Crippen LogP contribution in [0.1, 0.15) is 12.6 Å². The first kappa shape index (κ1) is 10.1. The van der Waals surface area contributed by atoms with Crippen molar-refractivity contribution in [3.05, 3.63) is 11.9 Å². The van der Waals surface area contributed by atoms with E-state index in [0.717, 1.165) is 32.0 Å². The fraction of sp³-hybridized carbons (Fsp3) is 0.750. The number of nitrogens with zero attached hydrogens (tertiary/aromatic N) is 3. The molecule has 1 aromatic heterocycles. The molecule has 0 unspecified atom stereocenters. The molecule has 0 aliphatic carbocycles. The molecule has 13 heavy (non-hydrogen) atoms. The third-order valence-electron chi connectivity index (χ3n) is 1.58. The number of aryl methyl sites for hydroxylation is 1. The van der Waals surface area contributed by atoms with Crippen molar-refractivity contribution >= 4 is 0 Å². The van der Waals surface area contributed by atoms with E-state index in [0.29, 0.717) is 0 Å². The van der Waals surface area contributed by atoms with Crippen molar-refractivity contribution in [3.8, 4) is 0 Å². The van der Waals surface area contributed by atoms with Crippen LogP contribution in [-0.2, 0) is 18.3 Å². The van der Waals surface area contributed by atoms with Gasteiger partial charge < -0.3 is 10.1 Å². The van der Waals surface area contributed by atoms with Crippen LogP contribution >= 0.6 is 0 Å². The van der Waals surface area contributed by atoms with Gasteiger partial charge in [-0.15, -0.1) is 5.10 Å². The van der Waals surface area contributed by atoms with E-state index in [4.69, 9.17) is 4.74 Å². The van der Waals surface area contributed by atoms with Crippen LogP contribution in [0.25, 0.3) is 0 Å². The molecular weight excluding hydrogens is 168 g/mol. The van der Waals surface area contributed by atoms with E-state index in [1.54, 1.807) is 4.68 Å². The molecule has 1 aromatic rings. The van der Waals surface area contributed by atoms with Crippen LogP contribution in [0.5, 0.6) is 0 Å². The summed E-state index contributed by atoms with van der Waals surface area (Å²) >= 11 is 0. The lowest BCUT2D eigenvalue weighted by atomic mass is 10.4. The van der Waals surface area contributed by atoms with E-state index in [-0.39, 0.29) is 0 Å². The van der Waals surface area contributed by atoms with Crippen LogP contribution in [-0.4, -0.2) is 34.8 Å². The molecule has 0 amide bonds. The number of rotatable bonds is 6. The Morgan fingerprint density at radius 2 is 2.46 bits per heavy atom. The molecule has 0 aliphatic heterocycles. The summed E-state index contributed by atoms with van der Waals surface area (Å²) in [5, 5.41) is 11.0. The SMILES string of the molecule is CCOCCNCc1cn(C)nn1. The molecule has 0 saturated carbocycles. The molecule has 1 rings (SSSR count). The molecule has 0 aliphatic rings. The molecule has 0 atom stereocenters. The van der Waals surface area contributed by atoms with E-state index in [9.17, 15) is 0 Å². The Balaban J connectivity index is 2.06. The van der Waals surface area contributed by atoms with Crippen molar-refractivity contribution in [2.24, 2.45) is 7.05 Å². The topological polar surface area (TPSA) is 52.0 Å². The normalized spacial score (nSPS) is 10.6. The van der Waals surface area contributed by atoms with Gasteiger partial charge in [-0.1, -0.05) is 5.21 Å². The molecule has 0 bridgehead atoms. The molecule has 74 valence electrons. The monoisotopic (exact) mass is 184 g/mol. The first-order chi connectivity index (χ1) is 6.33. The Morgan fingerprint density at radius 1 is 1.62 bits per heavy atom. The van der Waals surface area contributed by atoms with Crippen LogP contribution in [0, 0.1) is 0 Å². The van der Waals surface area contributed by atoms with Gasteiger partial charge in [0.1, 0.15) is 0 Å². The number of hydrogen-bond acceptors (Lipinski definition) is 4. The second kappa shape index (κ2) is 5.66. The quantitative estimate of drug-likeness (QED) is 0.629. The number of ether oxygens (including phenoxy) is 1. The summed E-state index contributed by atoms with van der Waals surface area (Å²) in [7, 11) is 1.86. The Labute approximate surface area is 78.1 Å². The maximum Gasteiger partial charge on any atom is 0.0964 e. The Bertz CT molecular complexity index is 236. The maximum atomic E-state index is 5.17.